The highest BCUT2D eigenvalue weighted by atomic mass is 79.9. The van der Waals surface area contributed by atoms with Gasteiger partial charge in [0.15, 0.2) is 0 Å². The van der Waals surface area contributed by atoms with E-state index >= 15 is 0 Å². The normalized spacial score (nSPS) is 11.2. The number of rotatable bonds is 4. The summed E-state index contributed by atoms with van der Waals surface area (Å²) in [4.78, 5) is 30.8. The molecule has 4 aromatic rings. The lowest BCUT2D eigenvalue weighted by Gasteiger charge is -2.06. The Morgan fingerprint density at radius 3 is 2.68 bits per heavy atom. The summed E-state index contributed by atoms with van der Waals surface area (Å²) in [6.45, 7) is 0. The number of halogens is 1. The van der Waals surface area contributed by atoms with E-state index in [0.29, 0.717) is 10.9 Å². The Labute approximate surface area is 173 Å². The third kappa shape index (κ3) is 3.95. The Bertz CT molecular complexity index is 1240. The number of thiophene rings is 1. The summed E-state index contributed by atoms with van der Waals surface area (Å²) < 4.78 is 2.12. The summed E-state index contributed by atoms with van der Waals surface area (Å²) in [7, 11) is 0. The maximum atomic E-state index is 12.4. The van der Waals surface area contributed by atoms with Crippen LogP contribution in [0.3, 0.4) is 0 Å². The number of hydrogen-bond acceptors (Lipinski definition) is 4. The number of carbonyl (C=O) groups is 1. The molecule has 1 N–H and O–H groups in total. The third-order valence-corrected chi connectivity index (χ3v) is 5.68. The topological polar surface area (TPSA) is 64.0 Å². The van der Waals surface area contributed by atoms with Gasteiger partial charge in [-0.25, -0.2) is 9.66 Å². The molecule has 1 amide bonds. The van der Waals surface area contributed by atoms with Gasteiger partial charge in [-0.15, -0.1) is 11.3 Å². The minimum Gasteiger partial charge on any atom is -0.268 e. The van der Waals surface area contributed by atoms with Crippen LogP contribution in [0.4, 0.5) is 0 Å². The van der Waals surface area contributed by atoms with Gasteiger partial charge in [0.2, 0.25) is 0 Å². The molecule has 2 aromatic heterocycles. The van der Waals surface area contributed by atoms with E-state index in [9.17, 15) is 9.59 Å². The monoisotopic (exact) mass is 451 g/mol. The summed E-state index contributed by atoms with van der Waals surface area (Å²) >= 11 is 5.01. The van der Waals surface area contributed by atoms with Gasteiger partial charge in [-0.2, -0.15) is 0 Å². The zero-order valence-electron chi connectivity index (χ0n) is 14.5. The Hall–Kier alpha value is -3.03. The second kappa shape index (κ2) is 7.92. The van der Waals surface area contributed by atoms with Crippen molar-refractivity contribution < 1.29 is 4.79 Å². The molecular weight excluding hydrogens is 438 g/mol. The summed E-state index contributed by atoms with van der Waals surface area (Å²) in [6.07, 6.45) is 4.44. The molecule has 0 saturated carbocycles. The first-order chi connectivity index (χ1) is 13.6. The average molecular weight is 452 g/mol. The summed E-state index contributed by atoms with van der Waals surface area (Å²) in [5.74, 6) is -0.405. The zero-order chi connectivity index (χ0) is 19.5. The van der Waals surface area contributed by atoms with Crippen LogP contribution in [0.1, 0.15) is 4.88 Å². The molecule has 7 heteroatoms. The molecule has 138 valence electrons. The molecule has 0 radical (unpaired) electrons. The van der Waals surface area contributed by atoms with E-state index in [0.717, 1.165) is 24.5 Å². The third-order valence-electron chi connectivity index (χ3n) is 4.05. The minimum atomic E-state index is -0.405. The number of carbonyl (C=O) groups excluding carboxylic acids is 1. The quantitative estimate of drug-likeness (QED) is 0.458. The van der Waals surface area contributed by atoms with Gasteiger partial charge in [0.05, 0.1) is 10.9 Å². The number of nitrogens with one attached hydrogen (secondary N) is 1. The van der Waals surface area contributed by atoms with Crippen molar-refractivity contribution in [3.05, 3.63) is 92.8 Å². The Morgan fingerprint density at radius 2 is 1.86 bits per heavy atom. The lowest BCUT2D eigenvalue weighted by molar-refractivity contribution is -0.112. The van der Waals surface area contributed by atoms with Gasteiger partial charge in [0.25, 0.3) is 11.5 Å². The van der Waals surface area contributed by atoms with Gasteiger partial charge in [0, 0.05) is 20.3 Å². The molecule has 0 aliphatic carbocycles. The van der Waals surface area contributed by atoms with E-state index in [1.165, 1.54) is 12.4 Å². The summed E-state index contributed by atoms with van der Waals surface area (Å²) in [6, 6.07) is 19.0. The predicted molar refractivity (Wildman–Crippen MR) is 117 cm³/mol. The zero-order valence-corrected chi connectivity index (χ0v) is 16.9. The minimum absolute atomic E-state index is 0.319. The molecule has 0 spiro atoms. The summed E-state index contributed by atoms with van der Waals surface area (Å²) in [5.41, 5.74) is 3.92. The van der Waals surface area contributed by atoms with Crippen LogP contribution in [0.15, 0.2) is 82.3 Å². The number of nitrogens with zero attached hydrogens (tertiary/aromatic N) is 2. The van der Waals surface area contributed by atoms with Gasteiger partial charge < -0.3 is 0 Å². The fraction of sp³-hybridized carbons (Fsp3) is 0. The molecule has 0 aliphatic rings. The van der Waals surface area contributed by atoms with Crippen molar-refractivity contribution in [2.45, 2.75) is 0 Å². The maximum absolute atomic E-state index is 12.4. The predicted octanol–water partition coefficient (Wildman–Crippen LogP) is 4.67. The van der Waals surface area contributed by atoms with Crippen LogP contribution in [-0.4, -0.2) is 15.6 Å². The highest BCUT2D eigenvalue weighted by molar-refractivity contribution is 9.10. The van der Waals surface area contributed by atoms with Crippen LogP contribution in [0, 0.1) is 0 Å². The van der Waals surface area contributed by atoms with Crippen LogP contribution >= 0.6 is 27.3 Å². The van der Waals surface area contributed by atoms with Crippen molar-refractivity contribution in [3.8, 4) is 10.4 Å². The first-order valence-electron chi connectivity index (χ1n) is 8.41. The van der Waals surface area contributed by atoms with E-state index in [1.54, 1.807) is 35.6 Å². The molecule has 0 saturated heterocycles. The van der Waals surface area contributed by atoms with E-state index in [2.05, 4.69) is 26.3 Å². The fourth-order valence-corrected chi connectivity index (χ4v) is 3.85. The molecule has 0 aliphatic heterocycles. The van der Waals surface area contributed by atoms with Gasteiger partial charge in [-0.05, 0) is 48.0 Å². The van der Waals surface area contributed by atoms with Crippen LogP contribution < -0.4 is 11.0 Å². The molecule has 0 fully saturated rings. The molecule has 2 aromatic carbocycles. The van der Waals surface area contributed by atoms with Crippen LogP contribution in [0.2, 0.25) is 0 Å². The number of benzene rings is 2. The second-order valence-corrected chi connectivity index (χ2v) is 7.99. The van der Waals surface area contributed by atoms with Crippen molar-refractivity contribution >= 4 is 50.2 Å². The number of amides is 1. The summed E-state index contributed by atoms with van der Waals surface area (Å²) in [5, 5.41) is 0.451. The van der Waals surface area contributed by atoms with Crippen molar-refractivity contribution in [2.75, 3.05) is 5.43 Å². The molecule has 0 unspecified atom stereocenters. The number of fused-ring (bicyclic) bond motifs is 1. The van der Waals surface area contributed by atoms with Crippen molar-refractivity contribution in [1.29, 1.82) is 0 Å². The van der Waals surface area contributed by atoms with Gasteiger partial charge >= 0.3 is 0 Å². The standard InChI is InChI=1S/C21H14BrN3O2S/c22-15-7-5-14(6-8-15)19-11-9-16(28-19)10-12-20(26)24-25-13-23-18-4-2-1-3-17(18)21(25)27/h1-13H,(H,24,26)/b12-10+. The fourth-order valence-electron chi connectivity index (χ4n) is 2.67. The van der Waals surface area contributed by atoms with Crippen molar-refractivity contribution in [3.63, 3.8) is 0 Å². The molecule has 0 atom stereocenters. The number of hydrogen-bond donors (Lipinski definition) is 1. The Kier molecular flexibility index (Phi) is 5.18. The molecule has 5 nitrogen and oxygen atoms in total. The van der Waals surface area contributed by atoms with Crippen LogP contribution in [0.25, 0.3) is 27.4 Å². The molecule has 2 heterocycles. The van der Waals surface area contributed by atoms with E-state index in [-0.39, 0.29) is 5.56 Å². The van der Waals surface area contributed by atoms with Gasteiger partial charge in [0.1, 0.15) is 6.33 Å². The van der Waals surface area contributed by atoms with E-state index in [1.807, 2.05) is 42.5 Å². The van der Waals surface area contributed by atoms with Crippen molar-refractivity contribution in [1.82, 2.24) is 9.66 Å². The van der Waals surface area contributed by atoms with Crippen LogP contribution in [-0.2, 0) is 4.79 Å². The first-order valence-corrected chi connectivity index (χ1v) is 10.0. The Balaban J connectivity index is 1.48. The molecular formula is C21H14BrN3O2S. The second-order valence-electron chi connectivity index (χ2n) is 5.96. The molecule has 0 bridgehead atoms. The lowest BCUT2D eigenvalue weighted by Crippen LogP contribution is -2.32. The van der Waals surface area contributed by atoms with Gasteiger partial charge in [-0.1, -0.05) is 40.2 Å². The first kappa shape index (κ1) is 18.3. The van der Waals surface area contributed by atoms with Crippen molar-refractivity contribution in [2.24, 2.45) is 0 Å². The molecule has 28 heavy (non-hydrogen) atoms. The maximum Gasteiger partial charge on any atom is 0.280 e. The molecule has 4 rings (SSSR count). The van der Waals surface area contributed by atoms with Gasteiger partial charge in [-0.3, -0.25) is 15.0 Å². The smallest absolute Gasteiger partial charge is 0.268 e. The van der Waals surface area contributed by atoms with E-state index in [4.69, 9.17) is 0 Å². The van der Waals surface area contributed by atoms with E-state index < -0.39 is 5.91 Å². The Morgan fingerprint density at radius 1 is 1.07 bits per heavy atom. The highest BCUT2D eigenvalue weighted by Gasteiger charge is 2.06. The highest BCUT2D eigenvalue weighted by Crippen LogP contribution is 2.29. The largest absolute Gasteiger partial charge is 0.280 e. The SMILES string of the molecule is O=C(/C=C/c1ccc(-c2ccc(Br)cc2)s1)Nn1cnc2ccccc2c1=O. The number of para-hydroxylation sites is 1. The number of aromatic nitrogens is 2. The lowest BCUT2D eigenvalue weighted by atomic mass is 10.2. The van der Waals surface area contributed by atoms with Crippen LogP contribution in [0.5, 0.6) is 0 Å². The average Bonchev–Trinajstić information content (AvgIpc) is 3.18.